The third kappa shape index (κ3) is 3.13. The van der Waals surface area contributed by atoms with Gasteiger partial charge in [-0.05, 0) is 35.0 Å². The van der Waals surface area contributed by atoms with Crippen molar-refractivity contribution in [2.75, 3.05) is 19.4 Å². The fourth-order valence-corrected chi connectivity index (χ4v) is 2.61. The third-order valence-corrected chi connectivity index (χ3v) is 3.81. The van der Waals surface area contributed by atoms with Gasteiger partial charge in [0, 0.05) is 30.9 Å². The second kappa shape index (κ2) is 6.54. The molecule has 120 valence electrons. The molecule has 1 N–H and O–H groups in total. The summed E-state index contributed by atoms with van der Waals surface area (Å²) in [5.74, 6) is -0.294. The van der Waals surface area contributed by atoms with Gasteiger partial charge in [0.1, 0.15) is 0 Å². The largest absolute Gasteiger partial charge is 0.345 e. The van der Waals surface area contributed by atoms with Gasteiger partial charge in [0.25, 0.3) is 11.8 Å². The van der Waals surface area contributed by atoms with Crippen molar-refractivity contribution >= 4 is 28.3 Å². The van der Waals surface area contributed by atoms with E-state index in [1.54, 1.807) is 44.4 Å². The molecule has 0 saturated heterocycles. The van der Waals surface area contributed by atoms with E-state index in [2.05, 4.69) is 5.32 Å². The Labute approximate surface area is 140 Å². The zero-order chi connectivity index (χ0) is 17.1. The Morgan fingerprint density at radius 2 is 1.58 bits per heavy atom. The van der Waals surface area contributed by atoms with Crippen LogP contribution in [0.5, 0.6) is 0 Å². The topological polar surface area (TPSA) is 49.4 Å². The molecule has 0 fully saturated rings. The van der Waals surface area contributed by atoms with Crippen molar-refractivity contribution in [1.82, 2.24) is 4.90 Å². The van der Waals surface area contributed by atoms with Crippen LogP contribution in [-0.2, 0) is 0 Å². The molecule has 0 aliphatic carbocycles. The average molecular weight is 318 g/mol. The first-order chi connectivity index (χ1) is 11.6. The van der Waals surface area contributed by atoms with E-state index in [0.717, 1.165) is 10.8 Å². The lowest BCUT2D eigenvalue weighted by atomic mass is 10.0. The molecule has 0 radical (unpaired) electrons. The number of carbonyl (C=O) groups is 2. The van der Waals surface area contributed by atoms with E-state index in [1.807, 2.05) is 36.4 Å². The summed E-state index contributed by atoms with van der Waals surface area (Å²) in [5.41, 5.74) is 1.74. The number of rotatable bonds is 3. The first kappa shape index (κ1) is 15.7. The SMILES string of the molecule is CN(C)C(=O)c1cccc(NC(=O)c2cccc3ccccc23)c1. The number of benzene rings is 3. The van der Waals surface area contributed by atoms with Crippen LogP contribution in [0.25, 0.3) is 10.8 Å². The van der Waals surface area contributed by atoms with Gasteiger partial charge in [0.2, 0.25) is 0 Å². The molecule has 2 amide bonds. The number of carbonyl (C=O) groups excluding carboxylic acids is 2. The molecule has 0 saturated carbocycles. The maximum Gasteiger partial charge on any atom is 0.256 e. The number of nitrogens with zero attached hydrogens (tertiary/aromatic N) is 1. The normalized spacial score (nSPS) is 10.4. The summed E-state index contributed by atoms with van der Waals surface area (Å²) in [6.07, 6.45) is 0. The predicted molar refractivity (Wildman–Crippen MR) is 96.4 cm³/mol. The summed E-state index contributed by atoms with van der Waals surface area (Å²) in [4.78, 5) is 26.2. The molecule has 0 aliphatic heterocycles. The Morgan fingerprint density at radius 1 is 0.875 bits per heavy atom. The lowest BCUT2D eigenvalue weighted by Gasteiger charge is -2.12. The molecule has 0 heterocycles. The summed E-state index contributed by atoms with van der Waals surface area (Å²) in [5, 5.41) is 4.79. The third-order valence-electron chi connectivity index (χ3n) is 3.81. The van der Waals surface area contributed by atoms with Gasteiger partial charge >= 0.3 is 0 Å². The molecular weight excluding hydrogens is 300 g/mol. The second-order valence-corrected chi connectivity index (χ2v) is 5.76. The van der Waals surface area contributed by atoms with E-state index in [9.17, 15) is 9.59 Å². The van der Waals surface area contributed by atoms with Crippen LogP contribution in [0, 0.1) is 0 Å². The molecule has 0 aromatic heterocycles. The number of hydrogen-bond acceptors (Lipinski definition) is 2. The van der Waals surface area contributed by atoms with Gasteiger partial charge in [-0.3, -0.25) is 9.59 Å². The smallest absolute Gasteiger partial charge is 0.256 e. The van der Waals surface area contributed by atoms with E-state index < -0.39 is 0 Å². The number of fused-ring (bicyclic) bond motifs is 1. The molecule has 3 rings (SSSR count). The van der Waals surface area contributed by atoms with Gasteiger partial charge in [-0.15, -0.1) is 0 Å². The molecule has 0 bridgehead atoms. The zero-order valence-electron chi connectivity index (χ0n) is 13.6. The zero-order valence-corrected chi connectivity index (χ0v) is 13.6. The number of anilines is 1. The van der Waals surface area contributed by atoms with Crippen LogP contribution in [0.15, 0.2) is 66.7 Å². The molecule has 0 aliphatic rings. The van der Waals surface area contributed by atoms with Gasteiger partial charge < -0.3 is 10.2 Å². The van der Waals surface area contributed by atoms with Gasteiger partial charge in [0.05, 0.1) is 0 Å². The maximum atomic E-state index is 12.6. The maximum absolute atomic E-state index is 12.6. The van der Waals surface area contributed by atoms with Crippen LogP contribution >= 0.6 is 0 Å². The van der Waals surface area contributed by atoms with Crippen LogP contribution in [0.4, 0.5) is 5.69 Å². The standard InChI is InChI=1S/C20H18N2O2/c1-22(2)20(24)15-9-5-10-16(13-15)21-19(23)18-12-6-8-14-7-3-4-11-17(14)18/h3-13H,1-2H3,(H,21,23). The minimum Gasteiger partial charge on any atom is -0.345 e. The Balaban J connectivity index is 1.90. The van der Waals surface area contributed by atoms with E-state index in [1.165, 1.54) is 4.90 Å². The van der Waals surface area contributed by atoms with E-state index in [4.69, 9.17) is 0 Å². The number of nitrogens with one attached hydrogen (secondary N) is 1. The highest BCUT2D eigenvalue weighted by Gasteiger charge is 2.12. The van der Waals surface area contributed by atoms with Crippen molar-refractivity contribution in [3.63, 3.8) is 0 Å². The summed E-state index contributed by atoms with van der Waals surface area (Å²) < 4.78 is 0. The van der Waals surface area contributed by atoms with Crippen molar-refractivity contribution in [2.45, 2.75) is 0 Å². The molecule has 3 aromatic rings. The molecule has 3 aromatic carbocycles. The minimum atomic E-state index is -0.193. The highest BCUT2D eigenvalue weighted by atomic mass is 16.2. The Hall–Kier alpha value is -3.14. The van der Waals surface area contributed by atoms with Crippen LogP contribution in [0.1, 0.15) is 20.7 Å². The van der Waals surface area contributed by atoms with Crippen molar-refractivity contribution in [3.8, 4) is 0 Å². The molecule has 4 heteroatoms. The monoisotopic (exact) mass is 318 g/mol. The number of amides is 2. The second-order valence-electron chi connectivity index (χ2n) is 5.76. The first-order valence-electron chi connectivity index (χ1n) is 7.67. The summed E-state index contributed by atoms with van der Waals surface area (Å²) in [7, 11) is 3.40. The molecule has 24 heavy (non-hydrogen) atoms. The fourth-order valence-electron chi connectivity index (χ4n) is 2.61. The quantitative estimate of drug-likeness (QED) is 0.798. The first-order valence-corrected chi connectivity index (χ1v) is 7.67. The number of hydrogen-bond donors (Lipinski definition) is 1. The van der Waals surface area contributed by atoms with Crippen molar-refractivity contribution < 1.29 is 9.59 Å². The van der Waals surface area contributed by atoms with Gasteiger partial charge in [0.15, 0.2) is 0 Å². The van der Waals surface area contributed by atoms with Crippen LogP contribution in [0.2, 0.25) is 0 Å². The summed E-state index contributed by atoms with van der Waals surface area (Å²) >= 11 is 0. The lowest BCUT2D eigenvalue weighted by molar-refractivity contribution is 0.0827. The summed E-state index contributed by atoms with van der Waals surface area (Å²) in [6.45, 7) is 0. The molecule has 0 spiro atoms. The summed E-state index contributed by atoms with van der Waals surface area (Å²) in [6, 6.07) is 20.3. The van der Waals surface area contributed by atoms with Crippen LogP contribution < -0.4 is 5.32 Å². The Morgan fingerprint density at radius 3 is 2.38 bits per heavy atom. The molecule has 4 nitrogen and oxygen atoms in total. The lowest BCUT2D eigenvalue weighted by Crippen LogP contribution is -2.22. The molecule has 0 atom stereocenters. The fraction of sp³-hybridized carbons (Fsp3) is 0.100. The van der Waals surface area contributed by atoms with Crippen molar-refractivity contribution in [3.05, 3.63) is 77.9 Å². The van der Waals surface area contributed by atoms with Crippen LogP contribution in [-0.4, -0.2) is 30.8 Å². The van der Waals surface area contributed by atoms with Gasteiger partial charge in [-0.25, -0.2) is 0 Å². The van der Waals surface area contributed by atoms with Crippen LogP contribution in [0.3, 0.4) is 0 Å². The Bertz CT molecular complexity index is 911. The minimum absolute atomic E-state index is 0.101. The van der Waals surface area contributed by atoms with Crippen molar-refractivity contribution in [1.29, 1.82) is 0 Å². The van der Waals surface area contributed by atoms with E-state index in [0.29, 0.717) is 16.8 Å². The Kier molecular flexibility index (Phi) is 4.29. The highest BCUT2D eigenvalue weighted by molar-refractivity contribution is 6.13. The molecule has 0 unspecified atom stereocenters. The van der Waals surface area contributed by atoms with E-state index in [-0.39, 0.29) is 11.8 Å². The van der Waals surface area contributed by atoms with E-state index >= 15 is 0 Å². The average Bonchev–Trinajstić information content (AvgIpc) is 2.60. The molecular formula is C20H18N2O2. The van der Waals surface area contributed by atoms with Crippen molar-refractivity contribution in [2.24, 2.45) is 0 Å². The van der Waals surface area contributed by atoms with Gasteiger partial charge in [-0.1, -0.05) is 42.5 Å². The highest BCUT2D eigenvalue weighted by Crippen LogP contribution is 2.20. The predicted octanol–water partition coefficient (Wildman–Crippen LogP) is 3.79. The van der Waals surface area contributed by atoms with Gasteiger partial charge in [-0.2, -0.15) is 0 Å².